The monoisotopic (exact) mass is 694 g/mol. The number of Topliss-reactive ketones (excluding diaryl/α,β-unsaturated/α-hetero) is 1. The van der Waals surface area contributed by atoms with Crippen molar-refractivity contribution >= 4 is 5.78 Å². The number of rotatable bonds is 17. The predicted octanol–water partition coefficient (Wildman–Crippen LogP) is 6.59. The van der Waals surface area contributed by atoms with E-state index in [9.17, 15) is 4.79 Å². The van der Waals surface area contributed by atoms with Crippen molar-refractivity contribution in [1.29, 1.82) is 0 Å². The number of ketones is 1. The Hall–Kier alpha value is -4.03. The molecular weight excluding hydrogens is 648 g/mol. The molecule has 4 aromatic rings. The third-order valence-electron chi connectivity index (χ3n) is 9.18. The molecule has 2 heterocycles. The van der Waals surface area contributed by atoms with Gasteiger partial charge in [0.2, 0.25) is 12.1 Å². The van der Waals surface area contributed by atoms with Crippen LogP contribution in [-0.4, -0.2) is 68.2 Å². The van der Waals surface area contributed by atoms with Crippen LogP contribution in [0, 0.1) is 0 Å². The topological polar surface area (TPSA) is 90.9 Å². The van der Waals surface area contributed by atoms with Crippen LogP contribution >= 0.6 is 0 Å². The molecule has 0 radical (unpaired) electrons. The molecule has 0 aromatic heterocycles. The largest absolute Gasteiger partial charge is 0.374 e. The van der Waals surface area contributed by atoms with Crippen molar-refractivity contribution in [2.24, 2.45) is 0 Å². The Morgan fingerprint density at radius 1 is 0.667 bits per heavy atom. The third-order valence-corrected chi connectivity index (χ3v) is 9.18. The molecule has 9 heteroatoms. The van der Waals surface area contributed by atoms with E-state index < -0.39 is 54.5 Å². The van der Waals surface area contributed by atoms with Crippen LogP contribution in [0.1, 0.15) is 29.2 Å². The summed E-state index contributed by atoms with van der Waals surface area (Å²) in [5.74, 6) is -0.432. The van der Waals surface area contributed by atoms with Crippen molar-refractivity contribution in [3.8, 4) is 0 Å². The first-order valence-corrected chi connectivity index (χ1v) is 17.3. The Morgan fingerprint density at radius 2 is 1.16 bits per heavy atom. The SMILES string of the molecule is C=C[C@]1(OCc2ccccc2)C(=O)[C@H](O[C@@H]2[C@@H](OCc3ccccc3)[C@H](C)O[C@@H](OC)[C@@H]2OCc2ccccc2)O[C@H]1COCc1ccccc1. The average Bonchev–Trinajstić information content (AvgIpc) is 3.44. The van der Waals surface area contributed by atoms with E-state index in [4.69, 9.17) is 37.9 Å². The van der Waals surface area contributed by atoms with E-state index in [0.717, 1.165) is 22.3 Å². The summed E-state index contributed by atoms with van der Waals surface area (Å²) in [7, 11) is 1.55. The van der Waals surface area contributed by atoms with E-state index in [1.807, 2.05) is 128 Å². The summed E-state index contributed by atoms with van der Waals surface area (Å²) in [5, 5.41) is 0. The van der Waals surface area contributed by atoms with Crippen molar-refractivity contribution in [2.75, 3.05) is 13.7 Å². The molecule has 0 spiro atoms. The molecule has 6 rings (SSSR count). The van der Waals surface area contributed by atoms with Crippen LogP contribution in [0.2, 0.25) is 0 Å². The van der Waals surface area contributed by atoms with Crippen LogP contribution in [0.15, 0.2) is 134 Å². The Balaban J connectivity index is 1.28. The first kappa shape index (κ1) is 36.8. The van der Waals surface area contributed by atoms with Gasteiger partial charge in [-0.25, -0.2) is 0 Å². The molecule has 0 saturated carbocycles. The fourth-order valence-corrected chi connectivity index (χ4v) is 6.40. The minimum Gasteiger partial charge on any atom is -0.374 e. The van der Waals surface area contributed by atoms with Gasteiger partial charge in [0.25, 0.3) is 0 Å². The van der Waals surface area contributed by atoms with Crippen LogP contribution in [0.5, 0.6) is 0 Å². The lowest BCUT2D eigenvalue weighted by Gasteiger charge is -2.45. The minimum atomic E-state index is -1.56. The van der Waals surface area contributed by atoms with Gasteiger partial charge >= 0.3 is 0 Å². The van der Waals surface area contributed by atoms with Crippen LogP contribution in [0.25, 0.3) is 0 Å². The van der Waals surface area contributed by atoms with Gasteiger partial charge in [0.15, 0.2) is 11.9 Å². The summed E-state index contributed by atoms with van der Waals surface area (Å²) in [4.78, 5) is 14.6. The maximum atomic E-state index is 14.6. The van der Waals surface area contributed by atoms with Gasteiger partial charge in [-0.15, -0.1) is 0 Å². The molecule has 0 aliphatic carbocycles. The summed E-state index contributed by atoms with van der Waals surface area (Å²) >= 11 is 0. The van der Waals surface area contributed by atoms with Crippen molar-refractivity contribution < 1.29 is 42.7 Å². The molecular formula is C42H46O9. The zero-order valence-electron chi connectivity index (χ0n) is 29.1. The second-order valence-corrected chi connectivity index (χ2v) is 12.7. The number of carbonyl (C=O) groups is 1. The van der Waals surface area contributed by atoms with Gasteiger partial charge < -0.3 is 37.9 Å². The Labute approximate surface area is 300 Å². The third kappa shape index (κ3) is 9.07. The van der Waals surface area contributed by atoms with Gasteiger partial charge in [0.05, 0.1) is 39.1 Å². The lowest BCUT2D eigenvalue weighted by Crippen LogP contribution is -2.61. The fraction of sp³-hybridized carbons (Fsp3) is 0.357. The highest BCUT2D eigenvalue weighted by Crippen LogP contribution is 2.38. The highest BCUT2D eigenvalue weighted by molar-refractivity contribution is 5.95. The zero-order valence-corrected chi connectivity index (χ0v) is 29.1. The van der Waals surface area contributed by atoms with E-state index >= 15 is 0 Å². The highest BCUT2D eigenvalue weighted by atomic mass is 16.8. The van der Waals surface area contributed by atoms with E-state index in [2.05, 4.69) is 6.58 Å². The Kier molecular flexibility index (Phi) is 12.9. The van der Waals surface area contributed by atoms with Crippen LogP contribution in [0.4, 0.5) is 0 Å². The van der Waals surface area contributed by atoms with Gasteiger partial charge in [-0.05, 0) is 35.3 Å². The molecule has 51 heavy (non-hydrogen) atoms. The molecule has 4 aromatic carbocycles. The standard InChI is InChI=1S/C42H46O9/c1-4-42(48-28-34-23-15-8-16-24-34)35(29-45-25-31-17-9-5-10-18-31)50-41(39(42)43)51-37-36(46-26-32-19-11-6-12-20-32)30(2)49-40(44-3)38(37)47-27-33-21-13-7-14-22-33/h4-24,30,35-38,40-41H,1,25-29H2,2-3H3/t30-,35-,36-,37+,38+,40+,41-,42+/m0/s1. The summed E-state index contributed by atoms with van der Waals surface area (Å²) in [6.45, 7) is 6.99. The van der Waals surface area contributed by atoms with Crippen molar-refractivity contribution in [3.63, 3.8) is 0 Å². The number of hydrogen-bond acceptors (Lipinski definition) is 9. The Morgan fingerprint density at radius 3 is 1.67 bits per heavy atom. The van der Waals surface area contributed by atoms with Gasteiger partial charge in [0.1, 0.15) is 24.4 Å². The number of hydrogen-bond donors (Lipinski definition) is 0. The second kappa shape index (κ2) is 17.9. The maximum absolute atomic E-state index is 14.6. The van der Waals surface area contributed by atoms with Crippen LogP contribution < -0.4 is 0 Å². The first-order chi connectivity index (χ1) is 25.0. The predicted molar refractivity (Wildman–Crippen MR) is 190 cm³/mol. The molecule has 2 aliphatic heterocycles. The van der Waals surface area contributed by atoms with E-state index in [1.54, 1.807) is 7.11 Å². The molecule has 0 bridgehead atoms. The normalized spacial score (nSPS) is 27.7. The molecule has 0 unspecified atom stereocenters. The quantitative estimate of drug-likeness (QED) is 0.114. The number of benzene rings is 4. The molecule has 0 amide bonds. The van der Waals surface area contributed by atoms with Gasteiger partial charge in [-0.2, -0.15) is 0 Å². The second-order valence-electron chi connectivity index (χ2n) is 12.7. The van der Waals surface area contributed by atoms with Crippen LogP contribution in [-0.2, 0) is 69.1 Å². The minimum absolute atomic E-state index is 0.0497. The number of methoxy groups -OCH3 is 1. The Bertz CT molecular complexity index is 1640. The van der Waals surface area contributed by atoms with Crippen molar-refractivity contribution in [3.05, 3.63) is 156 Å². The molecule has 2 fully saturated rings. The summed E-state index contributed by atoms with van der Waals surface area (Å²) in [5.41, 5.74) is 2.25. The zero-order chi connectivity index (χ0) is 35.5. The molecule has 0 N–H and O–H groups in total. The molecule has 268 valence electrons. The fourth-order valence-electron chi connectivity index (χ4n) is 6.40. The number of ether oxygens (including phenoxy) is 8. The first-order valence-electron chi connectivity index (χ1n) is 17.3. The lowest BCUT2D eigenvalue weighted by atomic mass is 9.93. The van der Waals surface area contributed by atoms with Crippen molar-refractivity contribution in [2.45, 2.75) is 82.1 Å². The summed E-state index contributed by atoms with van der Waals surface area (Å²) in [6.07, 6.45) is -4.32. The average molecular weight is 695 g/mol. The van der Waals surface area contributed by atoms with E-state index in [-0.39, 0.29) is 26.4 Å². The molecule has 9 nitrogen and oxygen atoms in total. The van der Waals surface area contributed by atoms with Crippen LogP contribution in [0.3, 0.4) is 0 Å². The molecule has 2 aliphatic rings. The van der Waals surface area contributed by atoms with E-state index in [0.29, 0.717) is 6.61 Å². The molecule has 2 saturated heterocycles. The number of carbonyl (C=O) groups excluding carboxylic acids is 1. The smallest absolute Gasteiger partial charge is 0.227 e. The van der Waals surface area contributed by atoms with Crippen molar-refractivity contribution in [1.82, 2.24) is 0 Å². The maximum Gasteiger partial charge on any atom is 0.227 e. The van der Waals surface area contributed by atoms with Gasteiger partial charge in [0, 0.05) is 7.11 Å². The lowest BCUT2D eigenvalue weighted by molar-refractivity contribution is -0.329. The van der Waals surface area contributed by atoms with Gasteiger partial charge in [-0.3, -0.25) is 4.79 Å². The van der Waals surface area contributed by atoms with E-state index in [1.165, 1.54) is 6.08 Å². The highest BCUT2D eigenvalue weighted by Gasteiger charge is 2.59. The van der Waals surface area contributed by atoms with Gasteiger partial charge in [-0.1, -0.05) is 128 Å². The molecule has 8 atom stereocenters. The summed E-state index contributed by atoms with van der Waals surface area (Å²) in [6, 6.07) is 39.0. The summed E-state index contributed by atoms with van der Waals surface area (Å²) < 4.78 is 50.8.